The van der Waals surface area contributed by atoms with Gasteiger partial charge in [0.05, 0.1) is 27.6 Å². The number of hydrogen-bond acceptors (Lipinski definition) is 3. The highest BCUT2D eigenvalue weighted by Gasteiger charge is 2.87. The molecule has 0 unspecified atom stereocenters. The number of imide groups is 1. The summed E-state index contributed by atoms with van der Waals surface area (Å²) in [5.41, 5.74) is 0.784. The van der Waals surface area contributed by atoms with Gasteiger partial charge < -0.3 is 5.32 Å². The molecule has 2 bridgehead atoms. The second kappa shape index (κ2) is 6.16. The Morgan fingerprint density at radius 2 is 1.36 bits per heavy atom. The number of alkyl halides is 4. The number of nitrogens with zero attached hydrogens (tertiary/aromatic N) is 1. The summed E-state index contributed by atoms with van der Waals surface area (Å²) < 4.78 is -1.96. The van der Waals surface area contributed by atoms with Gasteiger partial charge in [-0.2, -0.15) is 0 Å². The smallest absolute Gasteiger partial charge is 0.240 e. The highest BCUT2D eigenvalue weighted by atomic mass is 35.5. The largest absolute Gasteiger partial charge is 0.326 e. The Kier molecular flexibility index (Phi) is 4.53. The number of rotatable bonds is 2. The number of benzene rings is 1. The molecular formula is C17H10Cl6N2O3. The van der Waals surface area contributed by atoms with Crippen molar-refractivity contribution >= 4 is 98.7 Å². The van der Waals surface area contributed by atoms with Gasteiger partial charge >= 0.3 is 0 Å². The number of nitrogens with one attached hydrogen (secondary N) is 1. The minimum Gasteiger partial charge on any atom is -0.326 e. The van der Waals surface area contributed by atoms with E-state index in [1.807, 2.05) is 0 Å². The third-order valence-electron chi connectivity index (χ3n) is 5.35. The predicted octanol–water partition coefficient (Wildman–Crippen LogP) is 4.60. The molecule has 3 aliphatic rings. The van der Waals surface area contributed by atoms with E-state index in [1.54, 1.807) is 12.1 Å². The van der Waals surface area contributed by atoms with Gasteiger partial charge in [-0.3, -0.25) is 14.4 Å². The molecule has 0 spiro atoms. The zero-order valence-corrected chi connectivity index (χ0v) is 18.4. The average molecular weight is 503 g/mol. The fraction of sp³-hybridized carbons (Fsp3) is 0.353. The van der Waals surface area contributed by atoms with Gasteiger partial charge in [0.25, 0.3) is 0 Å². The maximum absolute atomic E-state index is 13.2. The van der Waals surface area contributed by atoms with E-state index in [4.69, 9.17) is 69.6 Å². The zero-order valence-electron chi connectivity index (χ0n) is 13.9. The number of carbonyl (C=O) groups excluding carboxylic acids is 3. The maximum Gasteiger partial charge on any atom is 0.240 e. The first-order valence-electron chi connectivity index (χ1n) is 7.98. The highest BCUT2D eigenvalue weighted by Crippen LogP contribution is 2.77. The second-order valence-corrected chi connectivity index (χ2v) is 10.1. The van der Waals surface area contributed by atoms with E-state index >= 15 is 0 Å². The van der Waals surface area contributed by atoms with Crippen molar-refractivity contribution in [2.24, 2.45) is 11.8 Å². The third kappa shape index (κ3) is 2.16. The van der Waals surface area contributed by atoms with Crippen molar-refractivity contribution in [1.82, 2.24) is 0 Å². The van der Waals surface area contributed by atoms with Gasteiger partial charge in [-0.25, -0.2) is 4.90 Å². The van der Waals surface area contributed by atoms with Crippen LogP contribution in [-0.2, 0) is 14.4 Å². The molecule has 1 saturated carbocycles. The fourth-order valence-electron chi connectivity index (χ4n) is 4.15. The maximum atomic E-state index is 13.2. The summed E-state index contributed by atoms with van der Waals surface area (Å²) in [7, 11) is 0. The Morgan fingerprint density at radius 1 is 0.929 bits per heavy atom. The molecule has 1 aliphatic heterocycles. The van der Waals surface area contributed by atoms with Gasteiger partial charge in [0.2, 0.25) is 17.7 Å². The van der Waals surface area contributed by atoms with Crippen LogP contribution in [0.4, 0.5) is 11.4 Å². The molecule has 1 aromatic rings. The summed E-state index contributed by atoms with van der Waals surface area (Å²) in [4.78, 5) is 34.8. The lowest BCUT2D eigenvalue weighted by Gasteiger charge is -2.34. The van der Waals surface area contributed by atoms with Crippen LogP contribution in [0.15, 0.2) is 34.3 Å². The molecule has 1 N–H and O–H groups in total. The van der Waals surface area contributed by atoms with Crippen LogP contribution in [0.5, 0.6) is 0 Å². The molecule has 3 amide bonds. The monoisotopic (exact) mass is 500 g/mol. The molecule has 1 saturated heterocycles. The average Bonchev–Trinajstić information content (AvgIpc) is 3.00. The Morgan fingerprint density at radius 3 is 1.75 bits per heavy atom. The number of allylic oxidation sites excluding steroid dienone is 2. The van der Waals surface area contributed by atoms with Gasteiger partial charge in [-0.05, 0) is 24.3 Å². The quantitative estimate of drug-likeness (QED) is 0.475. The topological polar surface area (TPSA) is 66.5 Å². The van der Waals surface area contributed by atoms with Crippen molar-refractivity contribution in [2.45, 2.75) is 21.0 Å². The number of carbonyl (C=O) groups is 3. The molecule has 28 heavy (non-hydrogen) atoms. The lowest BCUT2D eigenvalue weighted by Crippen LogP contribution is -2.50. The highest BCUT2D eigenvalue weighted by molar-refractivity contribution is 6.67. The van der Waals surface area contributed by atoms with Crippen molar-refractivity contribution < 1.29 is 14.4 Å². The van der Waals surface area contributed by atoms with Gasteiger partial charge in [-0.1, -0.05) is 46.4 Å². The van der Waals surface area contributed by atoms with E-state index < -0.39 is 37.7 Å². The van der Waals surface area contributed by atoms with Gasteiger partial charge in [0, 0.05) is 12.6 Å². The molecule has 5 nitrogen and oxygen atoms in total. The molecule has 1 aromatic carbocycles. The van der Waals surface area contributed by atoms with Gasteiger partial charge in [0.15, 0.2) is 4.33 Å². The minimum atomic E-state index is -1.96. The van der Waals surface area contributed by atoms with Crippen LogP contribution in [0, 0.1) is 11.8 Å². The molecular weight excluding hydrogens is 493 g/mol. The molecule has 2 aliphatic carbocycles. The molecule has 4 rings (SSSR count). The summed E-state index contributed by atoms with van der Waals surface area (Å²) in [6, 6.07) is 6.13. The van der Waals surface area contributed by atoms with Crippen molar-refractivity contribution in [3.05, 3.63) is 34.3 Å². The van der Waals surface area contributed by atoms with E-state index in [1.165, 1.54) is 19.1 Å². The number of anilines is 2. The van der Waals surface area contributed by atoms with Crippen molar-refractivity contribution in [3.8, 4) is 0 Å². The normalized spacial score (nSPS) is 35.6. The van der Waals surface area contributed by atoms with E-state index in [9.17, 15) is 14.4 Å². The van der Waals surface area contributed by atoms with Crippen LogP contribution in [0.1, 0.15) is 6.92 Å². The van der Waals surface area contributed by atoms with Crippen molar-refractivity contribution in [3.63, 3.8) is 0 Å². The number of fused-ring (bicyclic) bond motifs is 5. The Labute approximate surface area is 189 Å². The fourth-order valence-corrected chi connectivity index (χ4v) is 7.08. The number of hydrogen-bond donors (Lipinski definition) is 1. The molecule has 148 valence electrons. The number of halogens is 6. The van der Waals surface area contributed by atoms with E-state index in [2.05, 4.69) is 5.32 Å². The first-order chi connectivity index (χ1) is 12.9. The van der Waals surface area contributed by atoms with Crippen LogP contribution in [-0.4, -0.2) is 31.8 Å². The van der Waals surface area contributed by atoms with E-state index in [0.29, 0.717) is 5.69 Å². The molecule has 0 aromatic heterocycles. The third-order valence-corrected chi connectivity index (χ3v) is 9.61. The standard InChI is InChI=1S/C17H10Cl6N2O3/c1-6(26)24-7-2-4-8(5-3-7)25-13(27)9-10(14(25)28)16(21)12(19)11(18)15(9,20)17(16,22)23/h2-5,9-10H,1H3,(H,24,26)/t9-,10-,15+,16+/m1/s1. The lowest BCUT2D eigenvalue weighted by molar-refractivity contribution is -0.123. The minimum absolute atomic E-state index is 0.138. The van der Waals surface area contributed by atoms with E-state index in [0.717, 1.165) is 4.90 Å². The summed E-state index contributed by atoms with van der Waals surface area (Å²) in [6.45, 7) is 1.36. The summed E-state index contributed by atoms with van der Waals surface area (Å²) >= 11 is 38.7. The van der Waals surface area contributed by atoms with Crippen LogP contribution < -0.4 is 10.2 Å². The SMILES string of the molecule is CC(=O)Nc1ccc(N2C(=O)[C@H]3[C@H](C2=O)[C@]2(Cl)C(Cl)=C(Cl)[C@]3(Cl)C2(Cl)Cl)cc1. The molecule has 11 heteroatoms. The first-order valence-corrected chi connectivity index (χ1v) is 10.2. The van der Waals surface area contributed by atoms with Crippen LogP contribution >= 0.6 is 69.6 Å². The van der Waals surface area contributed by atoms with Gasteiger partial charge in [0.1, 0.15) is 9.75 Å². The van der Waals surface area contributed by atoms with Crippen LogP contribution in [0.3, 0.4) is 0 Å². The number of amides is 3. The zero-order chi connectivity index (χ0) is 20.8. The Bertz CT molecular complexity index is 932. The Balaban J connectivity index is 1.78. The second-order valence-electron chi connectivity index (χ2n) is 6.82. The molecule has 4 atom stereocenters. The lowest BCUT2D eigenvalue weighted by atomic mass is 9.84. The molecule has 2 fully saturated rings. The van der Waals surface area contributed by atoms with Gasteiger partial charge in [-0.15, -0.1) is 23.2 Å². The Hall–Kier alpha value is -0.690. The predicted molar refractivity (Wildman–Crippen MR) is 111 cm³/mol. The van der Waals surface area contributed by atoms with Crippen molar-refractivity contribution in [2.75, 3.05) is 10.2 Å². The van der Waals surface area contributed by atoms with Crippen molar-refractivity contribution in [1.29, 1.82) is 0 Å². The van der Waals surface area contributed by atoms with E-state index in [-0.39, 0.29) is 21.7 Å². The summed E-state index contributed by atoms with van der Waals surface area (Å²) in [5.74, 6) is -3.88. The molecule has 1 heterocycles. The van der Waals surface area contributed by atoms with Crippen LogP contribution in [0.2, 0.25) is 0 Å². The summed E-state index contributed by atoms with van der Waals surface area (Å²) in [6.07, 6.45) is 0. The first kappa shape index (κ1) is 20.6. The summed E-state index contributed by atoms with van der Waals surface area (Å²) in [5, 5.41) is 2.32. The van der Waals surface area contributed by atoms with Crippen LogP contribution in [0.25, 0.3) is 0 Å². The molecule has 0 radical (unpaired) electrons.